The molecule has 0 bridgehead atoms. The van der Waals surface area contributed by atoms with E-state index in [0.29, 0.717) is 21.4 Å². The molecule has 1 atom stereocenters. The number of nitrogens with one attached hydrogen (secondary N) is 1. The number of aromatic nitrogens is 1. The number of nitriles is 1. The smallest absolute Gasteiger partial charge is 0.207 e. The molecule has 1 N–H and O–H groups in total. The van der Waals surface area contributed by atoms with Crippen molar-refractivity contribution in [1.82, 2.24) is 10.3 Å². The Bertz CT molecular complexity index is 999. The van der Waals surface area contributed by atoms with Crippen molar-refractivity contribution in [2.24, 2.45) is 4.99 Å². The summed E-state index contributed by atoms with van der Waals surface area (Å²) in [4.78, 5) is 8.44. The molecule has 0 aliphatic heterocycles. The highest BCUT2D eigenvalue weighted by Gasteiger charge is 2.18. The van der Waals surface area contributed by atoms with E-state index in [2.05, 4.69) is 31.2 Å². The van der Waals surface area contributed by atoms with Gasteiger partial charge in [0.15, 0.2) is 0 Å². The standard InChI is InChI=1S/C20H13BrCl2N4/c21-15-7-9-18(25-11-15)19(13-4-2-1-3-5-13)27-20(26-12-24)14-6-8-16(22)17(23)10-14/h1-11,19H,(H,26,27)/t19-/m0/s1. The first-order valence-corrected chi connectivity index (χ1v) is 9.48. The van der Waals surface area contributed by atoms with E-state index < -0.39 is 0 Å². The minimum Gasteiger partial charge on any atom is -0.356 e. The predicted octanol–water partition coefficient (Wildman–Crippen LogP) is 5.76. The third-order valence-electron chi connectivity index (χ3n) is 3.81. The Kier molecular flexibility index (Phi) is 6.46. The average molecular weight is 460 g/mol. The van der Waals surface area contributed by atoms with Crippen molar-refractivity contribution in [2.75, 3.05) is 0 Å². The van der Waals surface area contributed by atoms with Gasteiger partial charge < -0.3 is 5.32 Å². The van der Waals surface area contributed by atoms with Gasteiger partial charge >= 0.3 is 0 Å². The summed E-state index contributed by atoms with van der Waals surface area (Å²) in [5.41, 5.74) is 2.43. The van der Waals surface area contributed by atoms with Gasteiger partial charge in [0.25, 0.3) is 0 Å². The van der Waals surface area contributed by atoms with E-state index >= 15 is 0 Å². The second-order valence-corrected chi connectivity index (χ2v) is 7.31. The van der Waals surface area contributed by atoms with Gasteiger partial charge in [-0.1, -0.05) is 53.5 Å². The van der Waals surface area contributed by atoms with Crippen molar-refractivity contribution >= 4 is 45.0 Å². The molecule has 0 aliphatic carbocycles. The number of rotatable bonds is 4. The number of amidine groups is 1. The molecule has 0 aliphatic rings. The summed E-state index contributed by atoms with van der Waals surface area (Å²) in [6.45, 7) is 0. The van der Waals surface area contributed by atoms with E-state index in [-0.39, 0.29) is 6.04 Å². The monoisotopic (exact) mass is 458 g/mol. The zero-order valence-corrected chi connectivity index (χ0v) is 17.0. The van der Waals surface area contributed by atoms with Crippen LogP contribution in [0, 0.1) is 11.5 Å². The topological polar surface area (TPSA) is 61.1 Å². The molecule has 0 spiro atoms. The molecule has 0 saturated carbocycles. The van der Waals surface area contributed by atoms with Gasteiger partial charge in [-0.2, -0.15) is 10.3 Å². The van der Waals surface area contributed by atoms with Crippen LogP contribution >= 0.6 is 39.1 Å². The number of aliphatic imine (C=N–C) groups is 1. The minimum atomic E-state index is -0.305. The van der Waals surface area contributed by atoms with Gasteiger partial charge in [0, 0.05) is 16.2 Å². The number of benzene rings is 2. The van der Waals surface area contributed by atoms with Crippen molar-refractivity contribution < 1.29 is 0 Å². The molecule has 7 heteroatoms. The molecule has 2 aromatic carbocycles. The third-order valence-corrected chi connectivity index (χ3v) is 5.02. The number of halogens is 3. The van der Waals surface area contributed by atoms with Crippen molar-refractivity contribution in [2.45, 2.75) is 6.04 Å². The molecule has 1 aromatic heterocycles. The van der Waals surface area contributed by atoms with Gasteiger partial charge in [-0.15, -0.1) is 0 Å². The molecule has 0 saturated heterocycles. The first kappa shape index (κ1) is 19.4. The number of hydrogen-bond donors (Lipinski definition) is 1. The molecule has 1 heterocycles. The summed E-state index contributed by atoms with van der Waals surface area (Å²) in [6, 6.07) is 18.4. The van der Waals surface area contributed by atoms with Crippen molar-refractivity contribution in [3.63, 3.8) is 0 Å². The lowest BCUT2D eigenvalue weighted by Gasteiger charge is -2.21. The van der Waals surface area contributed by atoms with Crippen LogP contribution in [0.15, 0.2) is 76.3 Å². The highest BCUT2D eigenvalue weighted by Crippen LogP contribution is 2.25. The van der Waals surface area contributed by atoms with Crippen molar-refractivity contribution in [1.29, 1.82) is 5.26 Å². The quantitative estimate of drug-likeness (QED) is 0.306. The highest BCUT2D eigenvalue weighted by atomic mass is 79.9. The zero-order valence-electron chi connectivity index (χ0n) is 13.9. The van der Waals surface area contributed by atoms with Crippen LogP contribution in [0.25, 0.3) is 0 Å². The highest BCUT2D eigenvalue weighted by molar-refractivity contribution is 9.10. The largest absolute Gasteiger partial charge is 0.356 e. The second kappa shape index (κ2) is 9.01. The van der Waals surface area contributed by atoms with Crippen LogP contribution in [-0.2, 0) is 0 Å². The lowest BCUT2D eigenvalue weighted by molar-refractivity contribution is 0.734. The van der Waals surface area contributed by atoms with E-state index in [1.54, 1.807) is 24.4 Å². The Morgan fingerprint density at radius 2 is 1.85 bits per heavy atom. The Balaban J connectivity index is 2.03. The summed E-state index contributed by atoms with van der Waals surface area (Å²) in [5.74, 6) is 0.384. The molecule has 27 heavy (non-hydrogen) atoms. The molecule has 0 amide bonds. The summed E-state index contributed by atoms with van der Waals surface area (Å²) in [6.07, 6.45) is 3.57. The van der Waals surface area contributed by atoms with Crippen LogP contribution in [0.4, 0.5) is 0 Å². The van der Waals surface area contributed by atoms with E-state index in [4.69, 9.17) is 28.5 Å². The fourth-order valence-electron chi connectivity index (χ4n) is 2.54. The lowest BCUT2D eigenvalue weighted by atomic mass is 10.0. The Morgan fingerprint density at radius 1 is 1.07 bits per heavy atom. The Hall–Kier alpha value is -2.39. The Morgan fingerprint density at radius 3 is 2.48 bits per heavy atom. The summed E-state index contributed by atoms with van der Waals surface area (Å²) in [5, 5.41) is 13.3. The maximum Gasteiger partial charge on any atom is 0.207 e. The van der Waals surface area contributed by atoms with Gasteiger partial charge in [0.05, 0.1) is 21.8 Å². The van der Waals surface area contributed by atoms with E-state index in [9.17, 15) is 0 Å². The van der Waals surface area contributed by atoms with Crippen LogP contribution in [0.1, 0.15) is 22.9 Å². The predicted molar refractivity (Wildman–Crippen MR) is 112 cm³/mol. The molecular formula is C20H13BrCl2N4. The third kappa shape index (κ3) is 4.86. The van der Waals surface area contributed by atoms with Crippen LogP contribution in [0.2, 0.25) is 10.0 Å². The number of nitrogens with zero attached hydrogens (tertiary/aromatic N) is 3. The van der Waals surface area contributed by atoms with E-state index in [0.717, 1.165) is 15.7 Å². The van der Waals surface area contributed by atoms with Crippen molar-refractivity contribution in [3.8, 4) is 6.19 Å². The first-order chi connectivity index (χ1) is 13.1. The van der Waals surface area contributed by atoms with Crippen LogP contribution in [0.3, 0.4) is 0 Å². The molecule has 0 unspecified atom stereocenters. The van der Waals surface area contributed by atoms with Crippen molar-refractivity contribution in [3.05, 3.63) is 98.2 Å². The number of hydrogen-bond acceptors (Lipinski definition) is 3. The maximum absolute atomic E-state index is 9.15. The van der Waals surface area contributed by atoms with Gasteiger partial charge in [-0.25, -0.2) is 0 Å². The molecular weight excluding hydrogens is 447 g/mol. The van der Waals surface area contributed by atoms with Gasteiger partial charge in [0.2, 0.25) is 6.19 Å². The average Bonchev–Trinajstić information content (AvgIpc) is 2.69. The zero-order chi connectivity index (χ0) is 19.2. The second-order valence-electron chi connectivity index (χ2n) is 5.58. The van der Waals surface area contributed by atoms with E-state index in [1.165, 1.54) is 0 Å². The van der Waals surface area contributed by atoms with Crippen LogP contribution in [-0.4, -0.2) is 10.8 Å². The van der Waals surface area contributed by atoms with Gasteiger partial charge in [-0.3, -0.25) is 4.98 Å². The lowest BCUT2D eigenvalue weighted by Crippen LogP contribution is -2.30. The van der Waals surface area contributed by atoms with Crippen LogP contribution in [0.5, 0.6) is 0 Å². The van der Waals surface area contributed by atoms with Gasteiger partial charge in [0.1, 0.15) is 5.84 Å². The Labute approximate surface area is 175 Å². The first-order valence-electron chi connectivity index (χ1n) is 7.93. The summed E-state index contributed by atoms with van der Waals surface area (Å²) >= 11 is 15.5. The molecule has 4 nitrogen and oxygen atoms in total. The summed E-state index contributed by atoms with van der Waals surface area (Å²) < 4.78 is 0.883. The molecule has 0 radical (unpaired) electrons. The van der Waals surface area contributed by atoms with Gasteiger partial charge in [-0.05, 0) is 51.8 Å². The summed E-state index contributed by atoms with van der Waals surface area (Å²) in [7, 11) is 0. The van der Waals surface area contributed by atoms with Crippen LogP contribution < -0.4 is 5.32 Å². The fourth-order valence-corrected chi connectivity index (χ4v) is 3.07. The molecule has 134 valence electrons. The maximum atomic E-state index is 9.15. The normalized spacial score (nSPS) is 12.3. The molecule has 3 aromatic rings. The minimum absolute atomic E-state index is 0.305. The fraction of sp³-hybridized carbons (Fsp3) is 0.0500. The van der Waals surface area contributed by atoms with E-state index in [1.807, 2.05) is 48.7 Å². The molecule has 3 rings (SSSR count). The number of pyridine rings is 1. The SMILES string of the molecule is N#C/N=C(/N[C@@H](c1ccccc1)c1ccc(Br)cn1)c1ccc(Cl)c(Cl)c1. The molecule has 0 fully saturated rings.